The predicted molar refractivity (Wildman–Crippen MR) is 86.4 cm³/mol. The third-order valence-electron chi connectivity index (χ3n) is 4.04. The summed E-state index contributed by atoms with van der Waals surface area (Å²) in [4.78, 5) is 27.3. The zero-order chi connectivity index (χ0) is 16.9. The van der Waals surface area contributed by atoms with Crippen LogP contribution in [0, 0.1) is 0 Å². The van der Waals surface area contributed by atoms with Gasteiger partial charge in [0, 0.05) is 18.8 Å². The molecule has 1 N–H and O–H groups in total. The minimum absolute atomic E-state index is 0.155. The Bertz CT molecular complexity index is 586. The molecule has 0 saturated carbocycles. The van der Waals surface area contributed by atoms with Crippen LogP contribution in [0.2, 0.25) is 0 Å². The fourth-order valence-electron chi connectivity index (χ4n) is 2.68. The molecule has 8 nitrogen and oxygen atoms in total. The standard InChI is InChI=1S/C16H21N3O5/c1-22-13-4-2-12(3-5-13)19-11-14(24-16(19)21)10-17-15(20)18-6-8-23-9-7-18/h2-5,14H,6-11H2,1H3,(H,17,20). The number of ether oxygens (including phenoxy) is 3. The molecule has 0 bridgehead atoms. The number of rotatable bonds is 4. The normalized spacial score (nSPS) is 20.7. The minimum atomic E-state index is -0.411. The number of amides is 3. The molecule has 1 atom stereocenters. The second-order valence-electron chi connectivity index (χ2n) is 5.60. The summed E-state index contributed by atoms with van der Waals surface area (Å²) in [5.74, 6) is 0.723. The maximum atomic E-state index is 12.0. The van der Waals surface area contributed by atoms with Crippen molar-refractivity contribution in [2.75, 3.05) is 51.4 Å². The van der Waals surface area contributed by atoms with Gasteiger partial charge in [0.15, 0.2) is 0 Å². The van der Waals surface area contributed by atoms with Crippen molar-refractivity contribution in [1.29, 1.82) is 0 Å². The first-order valence-corrected chi connectivity index (χ1v) is 7.90. The number of hydrogen-bond acceptors (Lipinski definition) is 5. The van der Waals surface area contributed by atoms with Crippen molar-refractivity contribution in [3.05, 3.63) is 24.3 Å². The summed E-state index contributed by atoms with van der Waals surface area (Å²) in [6.45, 7) is 2.94. The van der Waals surface area contributed by atoms with Crippen molar-refractivity contribution in [2.45, 2.75) is 6.10 Å². The van der Waals surface area contributed by atoms with Crippen LogP contribution in [0.25, 0.3) is 0 Å². The van der Waals surface area contributed by atoms with E-state index in [9.17, 15) is 9.59 Å². The number of benzene rings is 1. The van der Waals surface area contributed by atoms with Crippen molar-refractivity contribution in [3.63, 3.8) is 0 Å². The lowest BCUT2D eigenvalue weighted by Gasteiger charge is -2.27. The number of nitrogens with zero attached hydrogens (tertiary/aromatic N) is 2. The van der Waals surface area contributed by atoms with Crippen molar-refractivity contribution in [3.8, 4) is 5.75 Å². The number of carbonyl (C=O) groups excluding carboxylic acids is 2. The second-order valence-corrected chi connectivity index (χ2v) is 5.60. The molecule has 2 aliphatic heterocycles. The Balaban J connectivity index is 1.51. The van der Waals surface area contributed by atoms with Crippen LogP contribution in [0.15, 0.2) is 24.3 Å². The highest BCUT2D eigenvalue weighted by Gasteiger charge is 2.32. The zero-order valence-corrected chi connectivity index (χ0v) is 13.6. The van der Waals surface area contributed by atoms with Crippen LogP contribution in [0.1, 0.15) is 0 Å². The van der Waals surface area contributed by atoms with Crippen LogP contribution in [0.4, 0.5) is 15.3 Å². The Morgan fingerprint density at radius 3 is 2.67 bits per heavy atom. The van der Waals surface area contributed by atoms with E-state index in [0.717, 1.165) is 11.4 Å². The maximum Gasteiger partial charge on any atom is 0.414 e. The van der Waals surface area contributed by atoms with Crippen LogP contribution in [-0.2, 0) is 9.47 Å². The molecule has 2 fully saturated rings. The molecular weight excluding hydrogens is 314 g/mol. The molecule has 2 heterocycles. The molecule has 1 aromatic carbocycles. The van der Waals surface area contributed by atoms with Crippen LogP contribution in [-0.4, -0.2) is 69.6 Å². The Labute approximate surface area is 140 Å². The Hall–Kier alpha value is -2.48. The molecule has 1 unspecified atom stereocenters. The molecule has 0 aromatic heterocycles. The van der Waals surface area contributed by atoms with Gasteiger partial charge >= 0.3 is 12.1 Å². The summed E-state index contributed by atoms with van der Waals surface area (Å²) in [7, 11) is 1.59. The number of nitrogens with one attached hydrogen (secondary N) is 1. The van der Waals surface area contributed by atoms with Gasteiger partial charge in [0.25, 0.3) is 0 Å². The van der Waals surface area contributed by atoms with Gasteiger partial charge in [-0.25, -0.2) is 9.59 Å². The van der Waals surface area contributed by atoms with Crippen molar-refractivity contribution in [1.82, 2.24) is 10.2 Å². The van der Waals surface area contributed by atoms with Crippen molar-refractivity contribution >= 4 is 17.8 Å². The van der Waals surface area contributed by atoms with E-state index in [1.807, 2.05) is 0 Å². The summed E-state index contributed by atoms with van der Waals surface area (Å²) in [6.07, 6.45) is -0.782. The molecule has 130 valence electrons. The minimum Gasteiger partial charge on any atom is -0.497 e. The molecule has 0 aliphatic carbocycles. The molecule has 8 heteroatoms. The number of anilines is 1. The van der Waals surface area contributed by atoms with E-state index >= 15 is 0 Å². The van der Waals surface area contributed by atoms with Gasteiger partial charge in [-0.1, -0.05) is 0 Å². The SMILES string of the molecule is COc1ccc(N2CC(CNC(=O)N3CCOCC3)OC2=O)cc1. The van der Waals surface area contributed by atoms with Crippen molar-refractivity contribution in [2.24, 2.45) is 0 Å². The van der Waals surface area contributed by atoms with Gasteiger partial charge in [0.05, 0.1) is 33.4 Å². The molecule has 1 aromatic rings. The third kappa shape index (κ3) is 3.70. The van der Waals surface area contributed by atoms with E-state index < -0.39 is 6.09 Å². The van der Waals surface area contributed by atoms with Crippen molar-refractivity contribution < 1.29 is 23.8 Å². The van der Waals surface area contributed by atoms with Gasteiger partial charge in [0.2, 0.25) is 0 Å². The summed E-state index contributed by atoms with van der Waals surface area (Å²) < 4.78 is 15.6. The molecule has 3 rings (SSSR count). The number of cyclic esters (lactones) is 1. The Morgan fingerprint density at radius 1 is 1.29 bits per heavy atom. The van der Waals surface area contributed by atoms with Gasteiger partial charge in [-0.3, -0.25) is 4.90 Å². The van der Waals surface area contributed by atoms with Crippen LogP contribution in [0.5, 0.6) is 5.75 Å². The van der Waals surface area contributed by atoms with E-state index in [2.05, 4.69) is 5.32 Å². The molecule has 0 radical (unpaired) electrons. The first kappa shape index (κ1) is 16.4. The second kappa shape index (κ2) is 7.39. The number of urea groups is 1. The number of carbonyl (C=O) groups is 2. The molecule has 0 spiro atoms. The lowest BCUT2D eigenvalue weighted by atomic mass is 10.2. The average Bonchev–Trinajstić information content (AvgIpc) is 3.01. The third-order valence-corrected chi connectivity index (χ3v) is 4.04. The van der Waals surface area contributed by atoms with Gasteiger partial charge in [-0.15, -0.1) is 0 Å². The van der Waals surface area contributed by atoms with Gasteiger partial charge in [-0.2, -0.15) is 0 Å². The van der Waals surface area contributed by atoms with Crippen LogP contribution in [0.3, 0.4) is 0 Å². The molecule has 2 aliphatic rings. The highest BCUT2D eigenvalue weighted by molar-refractivity contribution is 5.89. The topological polar surface area (TPSA) is 80.3 Å². The maximum absolute atomic E-state index is 12.0. The smallest absolute Gasteiger partial charge is 0.414 e. The van der Waals surface area contributed by atoms with Crippen LogP contribution >= 0.6 is 0 Å². The average molecular weight is 335 g/mol. The van der Waals surface area contributed by atoms with E-state index in [1.54, 1.807) is 41.2 Å². The molecule has 2 saturated heterocycles. The summed E-state index contributed by atoms with van der Waals surface area (Å²) in [6, 6.07) is 7.02. The zero-order valence-electron chi connectivity index (χ0n) is 13.6. The van der Waals surface area contributed by atoms with E-state index in [4.69, 9.17) is 14.2 Å². The Kier molecular flexibility index (Phi) is 5.05. The first-order valence-electron chi connectivity index (χ1n) is 7.90. The molecule has 24 heavy (non-hydrogen) atoms. The van der Waals surface area contributed by atoms with Crippen LogP contribution < -0.4 is 15.0 Å². The fraction of sp³-hybridized carbons (Fsp3) is 0.500. The highest BCUT2D eigenvalue weighted by atomic mass is 16.6. The lowest BCUT2D eigenvalue weighted by molar-refractivity contribution is 0.0523. The number of methoxy groups -OCH3 is 1. The van der Waals surface area contributed by atoms with E-state index in [1.165, 1.54) is 0 Å². The fourth-order valence-corrected chi connectivity index (χ4v) is 2.68. The summed E-state index contributed by atoms with van der Waals surface area (Å²) in [5.41, 5.74) is 0.739. The monoisotopic (exact) mass is 335 g/mol. The van der Waals surface area contributed by atoms with Gasteiger partial charge < -0.3 is 24.4 Å². The first-order chi connectivity index (χ1) is 11.7. The quantitative estimate of drug-likeness (QED) is 0.890. The van der Waals surface area contributed by atoms with E-state index in [0.29, 0.717) is 32.8 Å². The molecule has 3 amide bonds. The van der Waals surface area contributed by atoms with E-state index in [-0.39, 0.29) is 18.7 Å². The summed E-state index contributed by atoms with van der Waals surface area (Å²) >= 11 is 0. The molecular formula is C16H21N3O5. The summed E-state index contributed by atoms with van der Waals surface area (Å²) in [5, 5.41) is 2.81. The predicted octanol–water partition coefficient (Wildman–Crippen LogP) is 1.06. The highest BCUT2D eigenvalue weighted by Crippen LogP contribution is 2.23. The number of morpholine rings is 1. The lowest BCUT2D eigenvalue weighted by Crippen LogP contribution is -2.48. The van der Waals surface area contributed by atoms with Gasteiger partial charge in [0.1, 0.15) is 11.9 Å². The number of hydrogen-bond donors (Lipinski definition) is 1. The largest absolute Gasteiger partial charge is 0.497 e. The van der Waals surface area contributed by atoms with Gasteiger partial charge in [-0.05, 0) is 24.3 Å². The Morgan fingerprint density at radius 2 is 2.00 bits per heavy atom.